The molecule has 40 heavy (non-hydrogen) atoms. The van der Waals surface area contributed by atoms with Crippen LogP contribution in [-0.4, -0.2) is 62.3 Å². The second-order valence-corrected chi connectivity index (χ2v) is 12.7. The van der Waals surface area contributed by atoms with E-state index in [1.165, 1.54) is 17.0 Å². The fourth-order valence-electron chi connectivity index (χ4n) is 4.27. The number of nitrogens with zero attached hydrogens (tertiary/aromatic N) is 3. The van der Waals surface area contributed by atoms with Crippen molar-refractivity contribution in [2.45, 2.75) is 48.3 Å². The monoisotopic (exact) mass is 594 g/mol. The number of nitrogens with one attached hydrogen (secondary N) is 3. The second kappa shape index (κ2) is 12.8. The van der Waals surface area contributed by atoms with Crippen LogP contribution in [0.1, 0.15) is 29.1 Å². The van der Waals surface area contributed by atoms with Crippen molar-refractivity contribution >= 4 is 33.3 Å². The summed E-state index contributed by atoms with van der Waals surface area (Å²) in [7, 11) is -0.179. The molecule has 1 aliphatic rings. The minimum Gasteiger partial charge on any atom is -0.381 e. The maximum Gasteiger partial charge on any atom is 0.451 e. The molecular formula is C27H33F3N6O2S2. The van der Waals surface area contributed by atoms with Gasteiger partial charge in [-0.1, -0.05) is 18.2 Å². The summed E-state index contributed by atoms with van der Waals surface area (Å²) in [5, 5.41) is 6.51. The third kappa shape index (κ3) is 7.87. The molecular weight excluding hydrogens is 561 g/mol. The minimum atomic E-state index is -4.81. The summed E-state index contributed by atoms with van der Waals surface area (Å²) >= 11 is 1.74. The molecule has 0 spiro atoms. The number of aryl methyl sites for hydroxylation is 1. The normalized spacial score (nSPS) is 14.6. The van der Waals surface area contributed by atoms with Crippen LogP contribution >= 0.6 is 11.8 Å². The van der Waals surface area contributed by atoms with Crippen molar-refractivity contribution in [2.75, 3.05) is 43.0 Å². The molecule has 1 aliphatic heterocycles. The Morgan fingerprint density at radius 1 is 1.12 bits per heavy atom. The Morgan fingerprint density at radius 3 is 2.55 bits per heavy atom. The number of benzene rings is 2. The van der Waals surface area contributed by atoms with Crippen LogP contribution in [0.4, 0.5) is 24.7 Å². The number of sulfonamides is 1. The first-order valence-electron chi connectivity index (χ1n) is 12.8. The predicted molar refractivity (Wildman–Crippen MR) is 152 cm³/mol. The average Bonchev–Trinajstić information content (AvgIpc) is 2.90. The second-order valence-electron chi connectivity index (χ2n) is 9.89. The van der Waals surface area contributed by atoms with Gasteiger partial charge in [0.25, 0.3) is 10.0 Å². The summed E-state index contributed by atoms with van der Waals surface area (Å²) in [5.41, 5.74) is 2.00. The minimum absolute atomic E-state index is 0.0612. The maximum absolute atomic E-state index is 13.4. The topological polar surface area (TPSA) is 99.2 Å². The molecule has 0 saturated carbocycles. The van der Waals surface area contributed by atoms with Gasteiger partial charge in [0.1, 0.15) is 5.82 Å². The van der Waals surface area contributed by atoms with Gasteiger partial charge >= 0.3 is 6.18 Å². The molecule has 8 nitrogen and oxygen atoms in total. The van der Waals surface area contributed by atoms with Gasteiger partial charge < -0.3 is 15.5 Å². The van der Waals surface area contributed by atoms with E-state index in [9.17, 15) is 21.6 Å². The van der Waals surface area contributed by atoms with Gasteiger partial charge in [0.15, 0.2) is 0 Å². The van der Waals surface area contributed by atoms with Gasteiger partial charge in [-0.3, -0.25) is 4.72 Å². The van der Waals surface area contributed by atoms with Crippen LogP contribution in [0.3, 0.4) is 0 Å². The molecule has 3 aromatic rings. The fourth-order valence-corrected chi connectivity index (χ4v) is 6.38. The Bertz CT molecular complexity index is 1420. The lowest BCUT2D eigenvalue weighted by atomic mass is 10.1. The number of hydrogen-bond donors (Lipinski definition) is 3. The molecule has 0 saturated heterocycles. The van der Waals surface area contributed by atoms with Gasteiger partial charge in [0.2, 0.25) is 5.82 Å². The molecule has 0 aliphatic carbocycles. The average molecular weight is 595 g/mol. The molecule has 2 aromatic carbocycles. The number of aromatic nitrogens is 2. The highest BCUT2D eigenvalue weighted by Gasteiger charge is 2.37. The number of rotatable bonds is 11. The number of fused-ring (bicyclic) bond motifs is 1. The molecule has 0 bridgehead atoms. The molecule has 216 valence electrons. The van der Waals surface area contributed by atoms with Crippen molar-refractivity contribution in [3.05, 3.63) is 71.2 Å². The van der Waals surface area contributed by atoms with Gasteiger partial charge in [0.05, 0.1) is 10.6 Å². The molecule has 0 fully saturated rings. The lowest BCUT2D eigenvalue weighted by Gasteiger charge is -2.23. The first-order chi connectivity index (χ1) is 18.9. The first kappa shape index (κ1) is 30.1. The molecule has 0 amide bonds. The van der Waals surface area contributed by atoms with E-state index in [1.807, 2.05) is 32.3 Å². The first-order valence-corrected chi connectivity index (χ1v) is 15.3. The molecule has 0 radical (unpaired) electrons. The van der Waals surface area contributed by atoms with Crippen molar-refractivity contribution in [1.82, 2.24) is 20.2 Å². The van der Waals surface area contributed by atoms with E-state index in [1.54, 1.807) is 24.8 Å². The summed E-state index contributed by atoms with van der Waals surface area (Å²) in [6.07, 6.45) is -3.62. The zero-order chi connectivity index (χ0) is 28.9. The Balaban J connectivity index is 1.54. The van der Waals surface area contributed by atoms with Gasteiger partial charge in [-0.15, -0.1) is 11.8 Å². The van der Waals surface area contributed by atoms with Crippen LogP contribution in [0.5, 0.6) is 0 Å². The maximum atomic E-state index is 13.4. The highest BCUT2D eigenvalue weighted by atomic mass is 32.2. The van der Waals surface area contributed by atoms with E-state index in [4.69, 9.17) is 0 Å². The molecule has 3 N–H and O–H groups in total. The van der Waals surface area contributed by atoms with E-state index in [0.717, 1.165) is 24.4 Å². The molecule has 1 aromatic heterocycles. The van der Waals surface area contributed by atoms with Crippen molar-refractivity contribution in [3.8, 4) is 0 Å². The van der Waals surface area contributed by atoms with E-state index in [-0.39, 0.29) is 29.0 Å². The largest absolute Gasteiger partial charge is 0.451 e. The highest BCUT2D eigenvalue weighted by molar-refractivity contribution is 7.99. The summed E-state index contributed by atoms with van der Waals surface area (Å²) in [5.74, 6) is -0.894. The molecule has 4 rings (SSSR count). The van der Waals surface area contributed by atoms with Gasteiger partial charge in [-0.05, 0) is 82.8 Å². The zero-order valence-corrected chi connectivity index (χ0v) is 24.2. The smallest absolute Gasteiger partial charge is 0.381 e. The Hall–Kier alpha value is -2.87. The summed E-state index contributed by atoms with van der Waals surface area (Å²) < 4.78 is 69.1. The van der Waals surface area contributed by atoms with E-state index >= 15 is 0 Å². The lowest BCUT2D eigenvalue weighted by molar-refractivity contribution is -0.145. The van der Waals surface area contributed by atoms with Gasteiger partial charge in [-0.25, -0.2) is 18.4 Å². The molecule has 1 atom stereocenters. The standard InChI is InChI=1S/C27H33F3N6O2S2/c1-18-15-21(9-10-23(18)32-19(12-14-36(2)3)17-39-20-7-5-4-6-8-20)40(37,38)35-25-22-11-13-31-16-24(22)33-26(34-25)27(28,29)30/h4-10,15,19,31-32H,11-14,16-17H2,1-3H3,(H,33,34,35)/t19-/m1/s1. The van der Waals surface area contributed by atoms with Crippen molar-refractivity contribution in [1.29, 1.82) is 0 Å². The van der Waals surface area contributed by atoms with Crippen LogP contribution < -0.4 is 15.4 Å². The third-order valence-electron chi connectivity index (χ3n) is 6.41. The molecule has 2 heterocycles. The Labute approximate surface area is 237 Å². The number of halogens is 3. The summed E-state index contributed by atoms with van der Waals surface area (Å²) in [6, 6.07) is 14.9. The quantitative estimate of drug-likeness (QED) is 0.273. The number of hydrogen-bond acceptors (Lipinski definition) is 8. The van der Waals surface area contributed by atoms with Crippen molar-refractivity contribution < 1.29 is 21.6 Å². The third-order valence-corrected chi connectivity index (χ3v) is 8.92. The SMILES string of the molecule is Cc1cc(S(=O)(=O)Nc2nc(C(F)(F)F)nc3c2CCNC3)ccc1N[C@H](CCN(C)C)CSc1ccccc1. The molecule has 13 heteroatoms. The van der Waals surface area contributed by atoms with E-state index < -0.39 is 22.0 Å². The number of alkyl halides is 3. The summed E-state index contributed by atoms with van der Waals surface area (Å²) in [6.45, 7) is 3.26. The van der Waals surface area contributed by atoms with E-state index in [2.05, 4.69) is 42.4 Å². The summed E-state index contributed by atoms with van der Waals surface area (Å²) in [4.78, 5) is 10.4. The van der Waals surface area contributed by atoms with E-state index in [0.29, 0.717) is 24.1 Å². The van der Waals surface area contributed by atoms with Crippen LogP contribution in [0.15, 0.2) is 58.3 Å². The molecule has 0 unspecified atom stereocenters. The van der Waals surface area contributed by atoms with Crippen LogP contribution in [0, 0.1) is 6.92 Å². The van der Waals surface area contributed by atoms with Crippen molar-refractivity contribution in [3.63, 3.8) is 0 Å². The zero-order valence-electron chi connectivity index (χ0n) is 22.5. The van der Waals surface area contributed by atoms with Crippen LogP contribution in [-0.2, 0) is 29.2 Å². The Morgan fingerprint density at radius 2 is 1.88 bits per heavy atom. The van der Waals surface area contributed by atoms with Gasteiger partial charge in [-0.2, -0.15) is 13.2 Å². The predicted octanol–water partition coefficient (Wildman–Crippen LogP) is 4.77. The fraction of sp³-hybridized carbons (Fsp3) is 0.407. The number of thioether (sulfide) groups is 1. The van der Waals surface area contributed by atoms with Gasteiger partial charge in [0, 0.05) is 34.5 Å². The van der Waals surface area contributed by atoms with Crippen molar-refractivity contribution in [2.24, 2.45) is 0 Å². The lowest BCUT2D eigenvalue weighted by Crippen LogP contribution is -2.29. The van der Waals surface area contributed by atoms with Crippen LogP contribution in [0.2, 0.25) is 0 Å². The highest BCUT2D eigenvalue weighted by Crippen LogP contribution is 2.32. The Kier molecular flexibility index (Phi) is 9.60. The number of anilines is 2. The van der Waals surface area contributed by atoms with Crippen LogP contribution in [0.25, 0.3) is 0 Å².